The van der Waals surface area contributed by atoms with Crippen molar-refractivity contribution in [3.63, 3.8) is 0 Å². The van der Waals surface area contributed by atoms with Crippen molar-refractivity contribution in [3.05, 3.63) is 95.6 Å². The van der Waals surface area contributed by atoms with E-state index >= 15 is 0 Å². The Morgan fingerprint density at radius 2 is 1.12 bits per heavy atom. The zero-order valence-corrected chi connectivity index (χ0v) is 47.7. The quantitative estimate of drug-likeness (QED) is 0.0173. The molecule has 0 bridgehead atoms. The molecular formula is C56H71N4O18PS. The summed E-state index contributed by atoms with van der Waals surface area (Å²) < 4.78 is 69.8. The van der Waals surface area contributed by atoms with E-state index in [0.717, 1.165) is 69.9 Å². The first kappa shape index (κ1) is 62.5. The maximum atomic E-state index is 14.5. The molecule has 0 aromatic heterocycles. The lowest BCUT2D eigenvalue weighted by molar-refractivity contribution is -0.253. The molecular weight excluding hydrogens is 1080 g/mol. The molecule has 3 aromatic rings. The van der Waals surface area contributed by atoms with Crippen LogP contribution in [0.2, 0.25) is 0 Å². The number of carbonyl (C=O) groups is 7. The lowest BCUT2D eigenvalue weighted by atomic mass is 9.74. The summed E-state index contributed by atoms with van der Waals surface area (Å²) in [4.78, 5) is 91.6. The van der Waals surface area contributed by atoms with Crippen molar-refractivity contribution in [1.82, 2.24) is 15.5 Å². The van der Waals surface area contributed by atoms with Gasteiger partial charge in [0.05, 0.1) is 52.0 Å². The molecule has 1 saturated carbocycles. The normalized spacial score (nSPS) is 23.0. The van der Waals surface area contributed by atoms with E-state index in [1.54, 1.807) is 14.2 Å². The summed E-state index contributed by atoms with van der Waals surface area (Å²) in [6.07, 6.45) is -6.41. The van der Waals surface area contributed by atoms with Gasteiger partial charge in [-0.15, -0.1) is 0 Å². The third-order valence-electron chi connectivity index (χ3n) is 13.7. The number of nitrogens with zero attached hydrogens (tertiary/aromatic N) is 2. The Balaban J connectivity index is 1.01. The van der Waals surface area contributed by atoms with Gasteiger partial charge < -0.3 is 48.7 Å². The van der Waals surface area contributed by atoms with Crippen LogP contribution in [-0.2, 0) is 76.1 Å². The van der Waals surface area contributed by atoms with Gasteiger partial charge in [0.1, 0.15) is 17.0 Å². The van der Waals surface area contributed by atoms with Crippen LogP contribution in [0.3, 0.4) is 0 Å². The standard InChI is InChI=1S/C56H71N4O18PS/c1-35(61)73-49-50(74-36(2)62)52(76-38(4)64)54(53(77-39(5)65)51(49)75-37(3)63)78-79(68,72-33-17-30-57)71-32-16-9-8-15-31-58-47(66)21-14-13-20-46-48-45(34-80-46)60(55(67)59-48)56(40-18-11-10-12-19-40,41-22-26-43(69-6)27-23-41)42-24-28-44(70-7)29-25-42/h10-12,18-19,22-29,45-46,48-54H,8-9,13-17,20-21,31-34H2,1-7H3,(H,58,66)(H,59,67)/t45-,46-,48-,49?,50-,51+,52+,53-,54?,79?/m0/s1. The van der Waals surface area contributed by atoms with Gasteiger partial charge in [-0.3, -0.25) is 42.3 Å². The van der Waals surface area contributed by atoms with Crippen LogP contribution in [0.15, 0.2) is 78.9 Å². The highest BCUT2D eigenvalue weighted by molar-refractivity contribution is 8.00. The second-order valence-corrected chi connectivity index (χ2v) is 22.2. The number of phosphoric ester groups is 1. The molecule has 3 fully saturated rings. The molecule has 80 heavy (non-hydrogen) atoms. The number of thioether (sulfide) groups is 1. The van der Waals surface area contributed by atoms with Crippen molar-refractivity contribution < 1.29 is 84.9 Å². The summed E-state index contributed by atoms with van der Waals surface area (Å²) in [5, 5.41) is 15.7. The Morgan fingerprint density at radius 3 is 1.61 bits per heavy atom. The highest BCUT2D eigenvalue weighted by Gasteiger charge is 2.62. The molecule has 3 unspecified atom stereocenters. The second-order valence-electron chi connectivity index (χ2n) is 19.3. The van der Waals surface area contributed by atoms with Gasteiger partial charge in [0.15, 0.2) is 36.6 Å². The number of nitriles is 1. The highest BCUT2D eigenvalue weighted by Crippen LogP contribution is 2.54. The van der Waals surface area contributed by atoms with Gasteiger partial charge in [0.2, 0.25) is 5.91 Å². The Labute approximate surface area is 470 Å². The summed E-state index contributed by atoms with van der Waals surface area (Å²) in [5.74, 6) is -2.76. The number of unbranched alkanes of at least 4 members (excludes halogenated alkanes) is 4. The first-order chi connectivity index (χ1) is 38.3. The molecule has 3 amide bonds. The molecule has 22 nitrogen and oxygen atoms in total. The van der Waals surface area contributed by atoms with Gasteiger partial charge in [0.25, 0.3) is 0 Å². The third kappa shape index (κ3) is 16.0. The number of benzene rings is 3. The minimum atomic E-state index is -4.81. The number of amides is 3. The number of rotatable bonds is 29. The number of hydrogen-bond donors (Lipinski definition) is 2. The van der Waals surface area contributed by atoms with Gasteiger partial charge in [-0.05, 0) is 66.6 Å². The zero-order chi connectivity index (χ0) is 58.0. The average Bonchev–Trinajstić information content (AvgIpc) is 3.95. The van der Waals surface area contributed by atoms with Crippen LogP contribution in [-0.4, -0.2) is 140 Å². The van der Waals surface area contributed by atoms with Crippen LogP contribution in [0.4, 0.5) is 4.79 Å². The van der Waals surface area contributed by atoms with Crippen LogP contribution in [0.25, 0.3) is 0 Å². The van der Waals surface area contributed by atoms with Crippen molar-refractivity contribution >= 4 is 61.4 Å². The zero-order valence-electron chi connectivity index (χ0n) is 46.0. The predicted octanol–water partition coefficient (Wildman–Crippen LogP) is 7.22. The van der Waals surface area contributed by atoms with Crippen molar-refractivity contribution in [2.24, 2.45) is 0 Å². The molecule has 0 spiro atoms. The van der Waals surface area contributed by atoms with E-state index in [9.17, 15) is 43.4 Å². The fourth-order valence-corrected chi connectivity index (χ4v) is 13.4. The van der Waals surface area contributed by atoms with E-state index in [-0.39, 0.29) is 42.3 Å². The number of carbonyl (C=O) groups excluding carboxylic acids is 7. The smallest absolute Gasteiger partial charge is 0.475 e. The van der Waals surface area contributed by atoms with Crippen LogP contribution >= 0.6 is 19.6 Å². The number of esters is 5. The van der Waals surface area contributed by atoms with Gasteiger partial charge in [-0.25, -0.2) is 9.36 Å². The summed E-state index contributed by atoms with van der Waals surface area (Å²) in [6, 6.07) is 27.2. The monoisotopic (exact) mass is 1150 g/mol. The van der Waals surface area contributed by atoms with Gasteiger partial charge in [-0.1, -0.05) is 73.9 Å². The average molecular weight is 1150 g/mol. The van der Waals surface area contributed by atoms with E-state index < -0.39 is 86.4 Å². The Bertz CT molecular complexity index is 2600. The van der Waals surface area contributed by atoms with Crippen LogP contribution in [0.5, 0.6) is 11.5 Å². The fraction of sp³-hybridized carbons (Fsp3) is 0.536. The summed E-state index contributed by atoms with van der Waals surface area (Å²) in [5.41, 5.74) is 1.76. The lowest BCUT2D eigenvalue weighted by Gasteiger charge is -2.47. The number of methoxy groups -OCH3 is 2. The van der Waals surface area contributed by atoms with E-state index in [1.807, 2.05) is 89.5 Å². The van der Waals surface area contributed by atoms with Crippen molar-refractivity contribution in [3.8, 4) is 17.6 Å². The molecule has 2 saturated heterocycles. The molecule has 434 valence electrons. The fourth-order valence-electron chi connectivity index (χ4n) is 10.4. The second kappa shape index (κ2) is 29.7. The molecule has 2 heterocycles. The van der Waals surface area contributed by atoms with Crippen LogP contribution < -0.4 is 20.1 Å². The van der Waals surface area contributed by atoms with E-state index in [2.05, 4.69) is 22.8 Å². The molecule has 2 N–H and O–H groups in total. The first-order valence-corrected chi connectivity index (χ1v) is 29.0. The van der Waals surface area contributed by atoms with E-state index in [4.69, 9.17) is 46.7 Å². The molecule has 3 aromatic carbocycles. The third-order valence-corrected chi connectivity index (χ3v) is 16.6. The molecule has 2 aliphatic heterocycles. The molecule has 24 heteroatoms. The van der Waals surface area contributed by atoms with E-state index in [0.29, 0.717) is 56.6 Å². The Kier molecular flexibility index (Phi) is 23.2. The van der Waals surface area contributed by atoms with Crippen molar-refractivity contribution in [2.75, 3.05) is 39.7 Å². The molecule has 10 atom stereocenters. The number of phosphoric acid groups is 1. The molecule has 0 radical (unpaired) electrons. The minimum Gasteiger partial charge on any atom is -0.497 e. The first-order valence-electron chi connectivity index (χ1n) is 26.5. The number of urea groups is 1. The summed E-state index contributed by atoms with van der Waals surface area (Å²) >= 11 is 1.84. The van der Waals surface area contributed by atoms with Crippen LogP contribution in [0.1, 0.15) is 109 Å². The Hall–Kier alpha value is -6.70. The largest absolute Gasteiger partial charge is 0.497 e. The highest BCUT2D eigenvalue weighted by atomic mass is 32.2. The topological polar surface area (TPSA) is 280 Å². The van der Waals surface area contributed by atoms with E-state index in [1.165, 1.54) is 0 Å². The Morgan fingerprint density at radius 1 is 0.650 bits per heavy atom. The summed E-state index contributed by atoms with van der Waals surface area (Å²) in [7, 11) is -1.56. The maximum Gasteiger partial charge on any atom is 0.475 e. The van der Waals surface area contributed by atoms with Gasteiger partial charge >= 0.3 is 43.7 Å². The number of fused-ring (bicyclic) bond motifs is 1. The maximum absolute atomic E-state index is 14.5. The molecule has 6 rings (SSSR count). The minimum absolute atomic E-state index is 0.0854. The van der Waals surface area contributed by atoms with Gasteiger partial charge in [0, 0.05) is 58.6 Å². The lowest BCUT2D eigenvalue weighted by Crippen LogP contribution is -2.68. The van der Waals surface area contributed by atoms with Crippen molar-refractivity contribution in [2.45, 2.75) is 152 Å². The molecule has 1 aliphatic carbocycles. The summed E-state index contributed by atoms with van der Waals surface area (Å²) in [6.45, 7) is 4.73. The van der Waals surface area contributed by atoms with Gasteiger partial charge in [-0.2, -0.15) is 17.0 Å². The van der Waals surface area contributed by atoms with Crippen LogP contribution in [0, 0.1) is 11.3 Å². The number of ether oxygens (including phenoxy) is 7. The number of hydrogen-bond acceptors (Lipinski definition) is 20. The van der Waals surface area contributed by atoms with Crippen molar-refractivity contribution in [1.29, 1.82) is 5.26 Å². The molecule has 3 aliphatic rings. The number of nitrogens with one attached hydrogen (secondary N) is 2. The SMILES string of the molecule is COc1ccc(C(c2ccccc2)(c2ccc(OC)cc2)N2C(=O)N[C@@H]3[C@H](CCCCC(=O)NCCCCCCOP(=O)(OCCC#N)OC4[C@@H](OC(C)=O)[C@H](OC(C)=O)C(OC(C)=O)[C@H](OC(C)=O)[C@H]4OC(C)=O)SC[C@@H]32)cc1. The predicted molar refractivity (Wildman–Crippen MR) is 289 cm³/mol.